The van der Waals surface area contributed by atoms with Gasteiger partial charge in [0, 0.05) is 0 Å². The third-order valence-corrected chi connectivity index (χ3v) is 5.95. The third kappa shape index (κ3) is 4.30. The standard InChI is InChI=1S/C22H23Cl2N3O3/c1-13(2)19(14-7-5-4-6-8-14)25-18(28)12-27-20(29)22(3,26-21(27)30)15-9-10-16(23)17(24)11-15/h4-11,13,19H,12H2,1-3H3,(H,25,28)(H,26,30)/t19-,22-/m0/s1. The number of nitrogens with zero attached hydrogens (tertiary/aromatic N) is 1. The normalized spacial score (nSPS) is 19.7. The van der Waals surface area contributed by atoms with Crippen LogP contribution in [0.3, 0.4) is 0 Å². The molecule has 0 radical (unpaired) electrons. The quantitative estimate of drug-likeness (QED) is 0.648. The number of hydrogen-bond acceptors (Lipinski definition) is 3. The van der Waals surface area contributed by atoms with Crippen molar-refractivity contribution < 1.29 is 14.4 Å². The van der Waals surface area contributed by atoms with Crippen molar-refractivity contribution >= 4 is 41.0 Å². The van der Waals surface area contributed by atoms with Crippen LogP contribution in [-0.2, 0) is 15.1 Å². The average molecular weight is 448 g/mol. The molecule has 30 heavy (non-hydrogen) atoms. The molecule has 2 aromatic rings. The fourth-order valence-corrected chi connectivity index (χ4v) is 3.80. The van der Waals surface area contributed by atoms with Crippen LogP contribution in [0, 0.1) is 5.92 Å². The van der Waals surface area contributed by atoms with Gasteiger partial charge in [0.1, 0.15) is 12.1 Å². The summed E-state index contributed by atoms with van der Waals surface area (Å²) in [5.41, 5.74) is 0.115. The van der Waals surface area contributed by atoms with Crippen LogP contribution >= 0.6 is 23.2 Å². The predicted molar refractivity (Wildman–Crippen MR) is 116 cm³/mol. The van der Waals surface area contributed by atoms with E-state index in [9.17, 15) is 14.4 Å². The van der Waals surface area contributed by atoms with E-state index in [-0.39, 0.29) is 23.5 Å². The summed E-state index contributed by atoms with van der Waals surface area (Å²) in [5, 5.41) is 6.21. The Bertz CT molecular complexity index is 981. The van der Waals surface area contributed by atoms with Crippen LogP contribution in [0.2, 0.25) is 10.0 Å². The lowest BCUT2D eigenvalue weighted by Gasteiger charge is -2.25. The number of carbonyl (C=O) groups excluding carboxylic acids is 3. The van der Waals surface area contributed by atoms with Crippen molar-refractivity contribution in [3.05, 3.63) is 69.7 Å². The van der Waals surface area contributed by atoms with Crippen molar-refractivity contribution in [2.75, 3.05) is 6.54 Å². The number of hydrogen-bond donors (Lipinski definition) is 2. The van der Waals surface area contributed by atoms with E-state index in [2.05, 4.69) is 10.6 Å². The number of urea groups is 1. The van der Waals surface area contributed by atoms with E-state index in [1.165, 1.54) is 6.07 Å². The highest BCUT2D eigenvalue weighted by Crippen LogP contribution is 2.33. The SMILES string of the molecule is CC(C)[C@H](NC(=O)CN1C(=O)N[C@@](C)(c2ccc(Cl)c(Cl)c2)C1=O)c1ccccc1. The topological polar surface area (TPSA) is 78.5 Å². The van der Waals surface area contributed by atoms with E-state index in [1.807, 2.05) is 44.2 Å². The van der Waals surface area contributed by atoms with E-state index in [0.717, 1.165) is 10.5 Å². The zero-order valence-corrected chi connectivity index (χ0v) is 18.4. The monoisotopic (exact) mass is 447 g/mol. The number of rotatable bonds is 6. The molecule has 1 fully saturated rings. The molecule has 6 nitrogen and oxygen atoms in total. The second kappa shape index (κ2) is 8.66. The summed E-state index contributed by atoms with van der Waals surface area (Å²) in [7, 11) is 0. The zero-order valence-electron chi connectivity index (χ0n) is 16.9. The van der Waals surface area contributed by atoms with Crippen LogP contribution in [-0.4, -0.2) is 29.3 Å². The van der Waals surface area contributed by atoms with Crippen molar-refractivity contribution in [1.82, 2.24) is 15.5 Å². The van der Waals surface area contributed by atoms with Crippen molar-refractivity contribution in [2.45, 2.75) is 32.4 Å². The van der Waals surface area contributed by atoms with Gasteiger partial charge < -0.3 is 10.6 Å². The molecule has 1 aliphatic rings. The Labute approximate surface area is 185 Å². The van der Waals surface area contributed by atoms with Gasteiger partial charge in [-0.3, -0.25) is 14.5 Å². The molecular formula is C22H23Cl2N3O3. The van der Waals surface area contributed by atoms with Crippen molar-refractivity contribution in [1.29, 1.82) is 0 Å². The lowest BCUT2D eigenvalue weighted by Crippen LogP contribution is -2.44. The fourth-order valence-electron chi connectivity index (χ4n) is 3.50. The van der Waals surface area contributed by atoms with Gasteiger partial charge in [0.05, 0.1) is 16.1 Å². The molecule has 0 aliphatic carbocycles. The van der Waals surface area contributed by atoms with Crippen molar-refractivity contribution in [3.8, 4) is 0 Å². The number of imide groups is 1. The second-order valence-electron chi connectivity index (χ2n) is 7.78. The molecule has 2 aromatic carbocycles. The fraction of sp³-hybridized carbons (Fsp3) is 0.318. The van der Waals surface area contributed by atoms with Crippen LogP contribution in [0.5, 0.6) is 0 Å². The number of halogens is 2. The van der Waals surface area contributed by atoms with Crippen LogP contribution in [0.1, 0.15) is 37.9 Å². The van der Waals surface area contributed by atoms with Gasteiger partial charge in [0.25, 0.3) is 5.91 Å². The number of carbonyl (C=O) groups is 3. The van der Waals surface area contributed by atoms with Crippen molar-refractivity contribution in [3.63, 3.8) is 0 Å². The first kappa shape index (κ1) is 22.1. The summed E-state index contributed by atoms with van der Waals surface area (Å²) in [6.07, 6.45) is 0. The smallest absolute Gasteiger partial charge is 0.325 e. The molecule has 1 heterocycles. The highest BCUT2D eigenvalue weighted by Gasteiger charge is 2.49. The molecule has 1 aliphatic heterocycles. The van der Waals surface area contributed by atoms with Crippen LogP contribution in [0.25, 0.3) is 0 Å². The first-order valence-corrected chi connectivity index (χ1v) is 10.3. The number of benzene rings is 2. The maximum Gasteiger partial charge on any atom is 0.325 e. The molecule has 0 spiro atoms. The summed E-state index contributed by atoms with van der Waals surface area (Å²) >= 11 is 12.0. The summed E-state index contributed by atoms with van der Waals surface area (Å²) in [6, 6.07) is 13.4. The molecule has 1 saturated heterocycles. The largest absolute Gasteiger partial charge is 0.347 e. The minimum atomic E-state index is -1.33. The summed E-state index contributed by atoms with van der Waals surface area (Å²) in [5.74, 6) is -0.817. The first-order valence-electron chi connectivity index (χ1n) is 9.57. The summed E-state index contributed by atoms with van der Waals surface area (Å²) in [4.78, 5) is 39.2. The summed E-state index contributed by atoms with van der Waals surface area (Å²) < 4.78 is 0. The predicted octanol–water partition coefficient (Wildman–Crippen LogP) is 4.27. The number of nitrogens with one attached hydrogen (secondary N) is 2. The van der Waals surface area contributed by atoms with Gasteiger partial charge in [-0.2, -0.15) is 0 Å². The second-order valence-corrected chi connectivity index (χ2v) is 8.59. The average Bonchev–Trinajstić information content (AvgIpc) is 2.92. The van der Waals surface area contributed by atoms with Gasteiger partial charge in [-0.1, -0.05) is 73.4 Å². The van der Waals surface area contributed by atoms with Gasteiger partial charge in [0.2, 0.25) is 5.91 Å². The maximum absolute atomic E-state index is 13.0. The molecule has 0 bridgehead atoms. The lowest BCUT2D eigenvalue weighted by molar-refractivity contribution is -0.135. The lowest BCUT2D eigenvalue weighted by atomic mass is 9.92. The van der Waals surface area contributed by atoms with E-state index in [1.54, 1.807) is 19.1 Å². The Hall–Kier alpha value is -2.57. The third-order valence-electron chi connectivity index (χ3n) is 5.22. The molecule has 0 saturated carbocycles. The zero-order chi connectivity index (χ0) is 22.1. The van der Waals surface area contributed by atoms with Crippen molar-refractivity contribution in [2.24, 2.45) is 5.92 Å². The van der Waals surface area contributed by atoms with Gasteiger partial charge in [-0.15, -0.1) is 0 Å². The van der Waals surface area contributed by atoms with E-state index >= 15 is 0 Å². The van der Waals surface area contributed by atoms with Crippen LogP contribution in [0.15, 0.2) is 48.5 Å². The van der Waals surface area contributed by atoms with Gasteiger partial charge in [0.15, 0.2) is 0 Å². The van der Waals surface area contributed by atoms with Crippen LogP contribution < -0.4 is 10.6 Å². The number of amides is 4. The Morgan fingerprint density at radius 3 is 2.37 bits per heavy atom. The molecule has 3 rings (SSSR count). The van der Waals surface area contributed by atoms with Crippen LogP contribution in [0.4, 0.5) is 4.79 Å². The minimum absolute atomic E-state index is 0.126. The molecule has 4 amide bonds. The minimum Gasteiger partial charge on any atom is -0.347 e. The molecule has 0 aromatic heterocycles. The van der Waals surface area contributed by atoms with Gasteiger partial charge >= 0.3 is 6.03 Å². The van der Waals surface area contributed by atoms with Gasteiger partial charge in [-0.25, -0.2) is 4.79 Å². The highest BCUT2D eigenvalue weighted by atomic mass is 35.5. The molecule has 158 valence electrons. The first-order chi connectivity index (χ1) is 14.1. The van der Waals surface area contributed by atoms with Gasteiger partial charge in [-0.05, 0) is 36.1 Å². The van der Waals surface area contributed by atoms with E-state index < -0.39 is 23.4 Å². The Morgan fingerprint density at radius 1 is 1.10 bits per heavy atom. The summed E-state index contributed by atoms with van der Waals surface area (Å²) in [6.45, 7) is 5.18. The molecule has 2 N–H and O–H groups in total. The maximum atomic E-state index is 13.0. The highest BCUT2D eigenvalue weighted by molar-refractivity contribution is 6.42. The Balaban J connectivity index is 1.76. The molecule has 8 heteroatoms. The Kier molecular flexibility index (Phi) is 6.38. The Morgan fingerprint density at radius 2 is 1.77 bits per heavy atom. The van der Waals surface area contributed by atoms with E-state index in [0.29, 0.717) is 10.6 Å². The molecule has 0 unspecified atom stereocenters. The molecular weight excluding hydrogens is 425 g/mol. The molecule has 2 atom stereocenters. The van der Waals surface area contributed by atoms with E-state index in [4.69, 9.17) is 23.2 Å².